The van der Waals surface area contributed by atoms with E-state index in [1.54, 1.807) is 13.3 Å². The minimum Gasteiger partial charge on any atom is -0.486 e. The lowest BCUT2D eigenvalue weighted by Gasteiger charge is -2.15. The van der Waals surface area contributed by atoms with E-state index in [1.807, 2.05) is 49.0 Å². The first-order valence-electron chi connectivity index (χ1n) is 11.0. The van der Waals surface area contributed by atoms with Gasteiger partial charge in [-0.3, -0.25) is 14.5 Å². The van der Waals surface area contributed by atoms with Gasteiger partial charge in [0.2, 0.25) is 0 Å². The van der Waals surface area contributed by atoms with E-state index >= 15 is 0 Å². The Bertz CT molecular complexity index is 1340. The molecule has 10 heteroatoms. The van der Waals surface area contributed by atoms with Crippen molar-refractivity contribution in [2.75, 3.05) is 26.9 Å². The van der Waals surface area contributed by atoms with Crippen molar-refractivity contribution in [3.05, 3.63) is 65.2 Å². The number of ether oxygens (including phenoxy) is 3. The number of carbonyl (C=O) groups excluding carboxylic acids is 1. The summed E-state index contributed by atoms with van der Waals surface area (Å²) in [6, 6.07) is 9.79. The number of pyridine rings is 2. The molecule has 182 valence electrons. The summed E-state index contributed by atoms with van der Waals surface area (Å²) in [5.41, 5.74) is 4.17. The lowest BCUT2D eigenvalue weighted by Crippen LogP contribution is -2.31. The van der Waals surface area contributed by atoms with Crippen molar-refractivity contribution in [2.24, 2.45) is 7.05 Å². The molecule has 0 aliphatic heterocycles. The van der Waals surface area contributed by atoms with Gasteiger partial charge in [0.25, 0.3) is 5.91 Å². The van der Waals surface area contributed by atoms with Crippen LogP contribution in [0.5, 0.6) is 11.5 Å². The molecule has 1 amide bonds. The number of amides is 1. The van der Waals surface area contributed by atoms with Gasteiger partial charge >= 0.3 is 0 Å². The van der Waals surface area contributed by atoms with Crippen molar-refractivity contribution >= 4 is 28.4 Å². The molecule has 9 nitrogen and oxygen atoms in total. The summed E-state index contributed by atoms with van der Waals surface area (Å²) < 4.78 is 18.6. The molecule has 0 aliphatic rings. The molecule has 3 heterocycles. The number of hydrogen-bond donors (Lipinski definition) is 1. The van der Waals surface area contributed by atoms with Crippen LogP contribution in [-0.2, 0) is 23.2 Å². The van der Waals surface area contributed by atoms with E-state index in [0.29, 0.717) is 35.2 Å². The molecular formula is C25H26ClN5O4. The van der Waals surface area contributed by atoms with Gasteiger partial charge in [-0.05, 0) is 25.1 Å². The highest BCUT2D eigenvalue weighted by atomic mass is 35.5. The third kappa shape index (κ3) is 5.70. The van der Waals surface area contributed by atoms with Gasteiger partial charge < -0.3 is 19.5 Å². The lowest BCUT2D eigenvalue weighted by molar-refractivity contribution is -0.123. The van der Waals surface area contributed by atoms with Crippen LogP contribution in [0.3, 0.4) is 0 Å². The van der Waals surface area contributed by atoms with Crippen molar-refractivity contribution < 1.29 is 19.0 Å². The Kier molecular flexibility index (Phi) is 7.79. The second kappa shape index (κ2) is 11.2. The molecule has 0 bridgehead atoms. The Balaban J connectivity index is 1.57. The van der Waals surface area contributed by atoms with E-state index in [1.165, 1.54) is 12.4 Å². The number of halogens is 1. The topological polar surface area (TPSA) is 100 Å². The Labute approximate surface area is 208 Å². The molecule has 0 fully saturated rings. The second-order valence-electron chi connectivity index (χ2n) is 7.82. The number of carbonyl (C=O) groups is 1. The molecule has 3 aromatic heterocycles. The van der Waals surface area contributed by atoms with Crippen molar-refractivity contribution in [3.8, 4) is 22.8 Å². The van der Waals surface area contributed by atoms with E-state index in [0.717, 1.165) is 27.9 Å². The van der Waals surface area contributed by atoms with Gasteiger partial charge in [-0.25, -0.2) is 4.98 Å². The first kappa shape index (κ1) is 24.4. The fraction of sp³-hybridized carbons (Fsp3) is 0.280. The summed E-state index contributed by atoms with van der Waals surface area (Å²) in [4.78, 5) is 20.8. The van der Waals surface area contributed by atoms with Crippen molar-refractivity contribution in [1.82, 2.24) is 25.1 Å². The minimum absolute atomic E-state index is 0.109. The number of aryl methyl sites for hydroxylation is 2. The number of methoxy groups -OCH3 is 1. The first-order chi connectivity index (χ1) is 17.0. The number of nitrogens with zero attached hydrogens (tertiary/aromatic N) is 4. The zero-order chi connectivity index (χ0) is 24.8. The monoisotopic (exact) mass is 495 g/mol. The number of hydrogen-bond acceptors (Lipinski definition) is 7. The summed E-state index contributed by atoms with van der Waals surface area (Å²) in [5.74, 6) is 0.704. The van der Waals surface area contributed by atoms with Crippen LogP contribution < -0.4 is 14.8 Å². The van der Waals surface area contributed by atoms with Crippen LogP contribution in [0.2, 0.25) is 5.02 Å². The Morgan fingerprint density at radius 3 is 2.80 bits per heavy atom. The number of fused-ring (bicyclic) bond motifs is 1. The van der Waals surface area contributed by atoms with E-state index in [-0.39, 0.29) is 19.1 Å². The molecule has 35 heavy (non-hydrogen) atoms. The molecule has 1 aromatic carbocycles. The highest BCUT2D eigenvalue weighted by Gasteiger charge is 2.16. The van der Waals surface area contributed by atoms with Crippen molar-refractivity contribution in [2.45, 2.75) is 13.5 Å². The summed E-state index contributed by atoms with van der Waals surface area (Å²) in [7, 11) is 3.47. The molecule has 1 N–H and O–H groups in total. The molecular weight excluding hydrogens is 470 g/mol. The third-order valence-corrected chi connectivity index (χ3v) is 5.68. The zero-order valence-corrected chi connectivity index (χ0v) is 20.5. The molecule has 0 saturated carbocycles. The molecule has 0 unspecified atom stereocenters. The van der Waals surface area contributed by atoms with Gasteiger partial charge in [-0.2, -0.15) is 5.10 Å². The minimum atomic E-state index is -0.273. The molecule has 4 aromatic rings. The molecule has 0 saturated heterocycles. The van der Waals surface area contributed by atoms with Crippen LogP contribution in [-0.4, -0.2) is 52.5 Å². The maximum absolute atomic E-state index is 12.0. The number of benzene rings is 1. The molecule has 0 aliphatic carbocycles. The van der Waals surface area contributed by atoms with Crippen LogP contribution in [0.25, 0.3) is 22.2 Å². The van der Waals surface area contributed by atoms with Gasteiger partial charge in [0.05, 0.1) is 29.1 Å². The largest absolute Gasteiger partial charge is 0.486 e. The van der Waals surface area contributed by atoms with Gasteiger partial charge in [-0.15, -0.1) is 0 Å². The predicted octanol–water partition coefficient (Wildman–Crippen LogP) is 3.71. The first-order valence-corrected chi connectivity index (χ1v) is 11.4. The van der Waals surface area contributed by atoms with Crippen LogP contribution in [0.1, 0.15) is 11.3 Å². The maximum Gasteiger partial charge on any atom is 0.258 e. The average molecular weight is 496 g/mol. The van der Waals surface area contributed by atoms with Gasteiger partial charge in [0.15, 0.2) is 6.61 Å². The highest BCUT2D eigenvalue weighted by molar-refractivity contribution is 6.31. The molecule has 0 spiro atoms. The zero-order valence-electron chi connectivity index (χ0n) is 19.7. The summed E-state index contributed by atoms with van der Waals surface area (Å²) in [5, 5.41) is 8.32. The molecule has 0 atom stereocenters. The molecule has 0 radical (unpaired) electrons. The average Bonchev–Trinajstić information content (AvgIpc) is 3.27. The van der Waals surface area contributed by atoms with Crippen molar-refractivity contribution in [1.29, 1.82) is 0 Å². The summed E-state index contributed by atoms with van der Waals surface area (Å²) in [6.07, 6.45) is 4.79. The molecule has 4 rings (SSSR count). The normalized spacial score (nSPS) is 11.0. The van der Waals surface area contributed by atoms with E-state index in [9.17, 15) is 4.79 Å². The van der Waals surface area contributed by atoms with Crippen LogP contribution in [0, 0.1) is 6.92 Å². The maximum atomic E-state index is 12.0. The van der Waals surface area contributed by atoms with E-state index in [4.69, 9.17) is 30.8 Å². The number of nitrogens with one attached hydrogen (secondary N) is 1. The smallest absolute Gasteiger partial charge is 0.258 e. The van der Waals surface area contributed by atoms with E-state index < -0.39 is 0 Å². The Hall–Kier alpha value is -3.69. The van der Waals surface area contributed by atoms with Crippen LogP contribution in [0.4, 0.5) is 0 Å². The summed E-state index contributed by atoms with van der Waals surface area (Å²) >= 11 is 6.40. The number of rotatable bonds is 10. The van der Waals surface area contributed by atoms with Crippen LogP contribution in [0.15, 0.2) is 48.9 Å². The Morgan fingerprint density at radius 2 is 2.03 bits per heavy atom. The highest BCUT2D eigenvalue weighted by Crippen LogP contribution is 2.34. The summed E-state index contributed by atoms with van der Waals surface area (Å²) in [6.45, 7) is 2.69. The standard InChI is InChI=1S/C25H26ClN5O4/c1-16-11-18(21-7-8-29-31(21)2)17-5-4-6-22(25(17)30-16)34-14-19-20(26)12-27-13-23(19)35-15-24(32)28-9-10-33-3/h4-8,11-13H,9-10,14-15H2,1-3H3,(H,28,32). The predicted molar refractivity (Wildman–Crippen MR) is 133 cm³/mol. The quantitative estimate of drug-likeness (QED) is 0.335. The van der Waals surface area contributed by atoms with Gasteiger partial charge in [0, 0.05) is 49.7 Å². The Morgan fingerprint density at radius 1 is 1.17 bits per heavy atom. The van der Waals surface area contributed by atoms with Crippen molar-refractivity contribution in [3.63, 3.8) is 0 Å². The number of aromatic nitrogens is 4. The number of para-hydroxylation sites is 1. The van der Waals surface area contributed by atoms with E-state index in [2.05, 4.69) is 15.4 Å². The SMILES string of the molecule is COCCNC(=O)COc1cncc(Cl)c1COc1cccc2c(-c3ccnn3C)cc(C)nc12. The van der Waals surface area contributed by atoms with Gasteiger partial charge in [-0.1, -0.05) is 23.7 Å². The third-order valence-electron chi connectivity index (χ3n) is 5.35. The van der Waals surface area contributed by atoms with Crippen LogP contribution >= 0.6 is 11.6 Å². The lowest BCUT2D eigenvalue weighted by atomic mass is 10.0. The van der Waals surface area contributed by atoms with Gasteiger partial charge in [0.1, 0.15) is 23.6 Å². The fourth-order valence-electron chi connectivity index (χ4n) is 3.66. The second-order valence-corrected chi connectivity index (χ2v) is 8.23. The fourth-order valence-corrected chi connectivity index (χ4v) is 3.87.